The Morgan fingerprint density at radius 1 is 1.17 bits per heavy atom. The van der Waals surface area contributed by atoms with Gasteiger partial charge in [-0.25, -0.2) is 14.4 Å². The van der Waals surface area contributed by atoms with Gasteiger partial charge in [-0.05, 0) is 11.8 Å². The third-order valence-corrected chi connectivity index (χ3v) is 8.59. The SMILES string of the molecule is Nc1nc2c(nnn2[C@@H]2O[C@H](CO)C[C@@H]2OP(O)(=S)OC2[C@H]3O[C@@H](n4nnc5c(N)ncnc54)[C@@H](F)[C@@]23O)c(=O)[nH]1. The number of fused-ring (bicyclic) bond motifs is 3. The normalized spacial score (nSPS) is 34.3. The molecule has 23 heteroatoms. The maximum absolute atomic E-state index is 15.5. The van der Waals surface area contributed by atoms with Crippen LogP contribution in [-0.2, 0) is 30.3 Å². The summed E-state index contributed by atoms with van der Waals surface area (Å²) in [5.74, 6) is -0.182. The molecule has 9 atom stereocenters. The van der Waals surface area contributed by atoms with Crippen LogP contribution in [0.2, 0.25) is 0 Å². The van der Waals surface area contributed by atoms with Gasteiger partial charge in [0.2, 0.25) is 5.95 Å². The Hall–Kier alpha value is -3.34. The number of aliphatic hydroxyl groups excluding tert-OH is 1. The fourth-order valence-electron chi connectivity index (χ4n) is 5.06. The zero-order chi connectivity index (χ0) is 28.8. The Balaban J connectivity index is 1.09. The Morgan fingerprint density at radius 3 is 2.61 bits per heavy atom. The number of nitrogen functional groups attached to an aromatic ring is 2. The molecule has 20 nitrogen and oxygen atoms in total. The number of rotatable bonds is 7. The first-order valence-electron chi connectivity index (χ1n) is 11.9. The van der Waals surface area contributed by atoms with Gasteiger partial charge in [-0.3, -0.25) is 14.3 Å². The van der Waals surface area contributed by atoms with Gasteiger partial charge in [0.1, 0.15) is 24.6 Å². The summed E-state index contributed by atoms with van der Waals surface area (Å²) in [6.07, 6.45) is -8.03. The van der Waals surface area contributed by atoms with E-state index in [1.807, 2.05) is 0 Å². The fraction of sp³-hybridized carbons (Fsp3) is 0.556. The van der Waals surface area contributed by atoms with Crippen LogP contribution in [0, 0.1) is 0 Å². The quantitative estimate of drug-likeness (QED) is 0.114. The van der Waals surface area contributed by atoms with Gasteiger partial charge in [0.05, 0.1) is 12.7 Å². The number of aromatic amines is 1. The molecular weight excluding hydrogens is 594 g/mol. The Bertz CT molecular complexity index is 1790. The van der Waals surface area contributed by atoms with Crippen LogP contribution in [0.1, 0.15) is 18.9 Å². The Morgan fingerprint density at radius 2 is 1.90 bits per heavy atom. The number of ether oxygens (including phenoxy) is 2. The molecule has 0 bridgehead atoms. The third-order valence-electron chi connectivity index (χ3n) is 7.04. The van der Waals surface area contributed by atoms with Crippen molar-refractivity contribution in [2.24, 2.45) is 0 Å². The van der Waals surface area contributed by atoms with Gasteiger partial charge >= 0.3 is 6.72 Å². The molecule has 4 aromatic heterocycles. The zero-order valence-corrected chi connectivity index (χ0v) is 22.0. The number of hydrogen-bond acceptors (Lipinski definition) is 17. The van der Waals surface area contributed by atoms with E-state index in [0.29, 0.717) is 0 Å². The highest BCUT2D eigenvalue weighted by molar-refractivity contribution is 8.07. The third kappa shape index (κ3) is 4.02. The van der Waals surface area contributed by atoms with Gasteiger partial charge in [0.25, 0.3) is 5.56 Å². The minimum absolute atomic E-state index is 0.0105. The molecule has 1 saturated carbocycles. The summed E-state index contributed by atoms with van der Waals surface area (Å²) >= 11 is 5.16. The monoisotopic (exact) mass is 614 g/mol. The van der Waals surface area contributed by atoms with E-state index in [1.54, 1.807) is 0 Å². The maximum atomic E-state index is 15.5. The second kappa shape index (κ2) is 9.08. The lowest BCUT2D eigenvalue weighted by molar-refractivity contribution is -0.0709. The van der Waals surface area contributed by atoms with Crippen LogP contribution >= 0.6 is 6.72 Å². The van der Waals surface area contributed by atoms with Crippen LogP contribution in [0.5, 0.6) is 0 Å². The molecule has 0 spiro atoms. The number of aliphatic hydroxyl groups is 2. The number of hydrogen-bond donors (Lipinski definition) is 6. The summed E-state index contributed by atoms with van der Waals surface area (Å²) in [6, 6.07) is 0. The van der Waals surface area contributed by atoms with Crippen LogP contribution < -0.4 is 17.0 Å². The standard InChI is InChI=1S/C18H20FN12O8PS/c19-8-16(30-12-6(26-28-30)11(20)22-3-23-12)37-9-10(18(8,9)34)39-40(35,41)38-5-1-4(2-32)36-15(5)31-13-7(27-29-31)14(33)25-17(21)24-13/h3-5,8-10,15-16,32,34H,1-2H2,(H,35,41)(H2,20,22,23)(H3,21,24,25,33)/t4-,5-,8+,9+,10?,15+,16+,18-,40?/m0/s1. The van der Waals surface area contributed by atoms with Gasteiger partial charge in [-0.1, -0.05) is 10.4 Å². The number of anilines is 2. The Kier molecular flexibility index (Phi) is 5.88. The predicted molar refractivity (Wildman–Crippen MR) is 134 cm³/mol. The number of nitrogens with one attached hydrogen (secondary N) is 1. The zero-order valence-electron chi connectivity index (χ0n) is 20.3. The first-order chi connectivity index (χ1) is 19.5. The minimum Gasteiger partial charge on any atom is -0.394 e. The predicted octanol–water partition coefficient (Wildman–Crippen LogP) is -2.84. The number of H-pyrrole nitrogens is 1. The van der Waals surface area contributed by atoms with Crippen molar-refractivity contribution in [1.29, 1.82) is 0 Å². The molecule has 7 rings (SSSR count). The summed E-state index contributed by atoms with van der Waals surface area (Å²) in [6.45, 7) is -4.65. The summed E-state index contributed by atoms with van der Waals surface area (Å²) < 4.78 is 40.2. The molecule has 218 valence electrons. The number of aromatic nitrogens is 10. The average Bonchev–Trinajstić information content (AvgIpc) is 3.48. The molecule has 0 aromatic carbocycles. The lowest BCUT2D eigenvalue weighted by Crippen LogP contribution is -2.35. The van der Waals surface area contributed by atoms with Gasteiger partial charge in [-0.15, -0.1) is 10.2 Å². The highest BCUT2D eigenvalue weighted by atomic mass is 32.5. The van der Waals surface area contributed by atoms with Crippen molar-refractivity contribution in [1.82, 2.24) is 49.9 Å². The van der Waals surface area contributed by atoms with Crippen LogP contribution in [0.3, 0.4) is 0 Å². The van der Waals surface area contributed by atoms with Gasteiger partial charge in [0.15, 0.2) is 52.4 Å². The molecule has 2 aliphatic heterocycles. The molecule has 8 N–H and O–H groups in total. The molecule has 0 radical (unpaired) electrons. The lowest BCUT2D eigenvalue weighted by Gasteiger charge is -2.26. The molecular formula is C18H20FN12O8PS. The van der Waals surface area contributed by atoms with E-state index in [2.05, 4.69) is 40.6 Å². The number of halogens is 1. The highest BCUT2D eigenvalue weighted by Gasteiger charge is 2.80. The van der Waals surface area contributed by atoms with Crippen molar-refractivity contribution >= 4 is 52.6 Å². The average molecular weight is 614 g/mol. The topological polar surface area (TPSA) is 283 Å². The molecule has 6 heterocycles. The van der Waals surface area contributed by atoms with Crippen molar-refractivity contribution in [3.8, 4) is 0 Å². The molecule has 3 fully saturated rings. The molecule has 2 unspecified atom stereocenters. The number of alkyl halides is 1. The van der Waals surface area contributed by atoms with Crippen molar-refractivity contribution < 1.29 is 38.0 Å². The van der Waals surface area contributed by atoms with Crippen molar-refractivity contribution in [2.45, 2.75) is 55.1 Å². The molecule has 3 aliphatic rings. The van der Waals surface area contributed by atoms with E-state index in [9.17, 15) is 19.9 Å². The summed E-state index contributed by atoms with van der Waals surface area (Å²) in [5, 5.41) is 36.0. The van der Waals surface area contributed by atoms with Crippen LogP contribution in [0.25, 0.3) is 22.3 Å². The highest BCUT2D eigenvalue weighted by Crippen LogP contribution is 2.62. The van der Waals surface area contributed by atoms with Gasteiger partial charge in [0, 0.05) is 6.42 Å². The van der Waals surface area contributed by atoms with E-state index in [4.69, 9.17) is 41.8 Å². The number of nitrogens with zero attached hydrogens (tertiary/aromatic N) is 9. The number of nitrogens with two attached hydrogens (primary N) is 2. The molecule has 4 aromatic rings. The Labute approximate surface area is 230 Å². The van der Waals surface area contributed by atoms with E-state index < -0.39 is 67.5 Å². The van der Waals surface area contributed by atoms with E-state index in [0.717, 1.165) is 15.7 Å². The smallest absolute Gasteiger partial charge is 0.325 e. The summed E-state index contributed by atoms with van der Waals surface area (Å²) in [5.41, 5.74) is 8.57. The van der Waals surface area contributed by atoms with Crippen molar-refractivity contribution in [2.75, 3.05) is 18.1 Å². The minimum atomic E-state index is -4.22. The van der Waals surface area contributed by atoms with Crippen LogP contribution in [-0.4, -0.2) is 108 Å². The largest absolute Gasteiger partial charge is 0.394 e. The first-order valence-corrected chi connectivity index (χ1v) is 14.5. The maximum Gasteiger partial charge on any atom is 0.325 e. The second-order valence-corrected chi connectivity index (χ2v) is 12.3. The van der Waals surface area contributed by atoms with Crippen LogP contribution in [0.15, 0.2) is 11.1 Å². The molecule has 1 aliphatic carbocycles. The summed E-state index contributed by atoms with van der Waals surface area (Å²) in [4.78, 5) is 37.2. The fourth-order valence-corrected chi connectivity index (χ4v) is 6.82. The molecule has 41 heavy (non-hydrogen) atoms. The van der Waals surface area contributed by atoms with Crippen molar-refractivity contribution in [3.05, 3.63) is 16.7 Å². The van der Waals surface area contributed by atoms with Gasteiger partial charge in [-0.2, -0.15) is 14.3 Å². The van der Waals surface area contributed by atoms with Crippen LogP contribution in [0.4, 0.5) is 16.2 Å². The van der Waals surface area contributed by atoms with Gasteiger partial charge < -0.3 is 40.6 Å². The van der Waals surface area contributed by atoms with E-state index >= 15 is 4.39 Å². The molecule has 0 amide bonds. The van der Waals surface area contributed by atoms with E-state index in [1.165, 1.54) is 0 Å². The van der Waals surface area contributed by atoms with E-state index in [-0.39, 0.29) is 40.5 Å². The van der Waals surface area contributed by atoms with Crippen molar-refractivity contribution in [3.63, 3.8) is 0 Å². The lowest BCUT2D eigenvalue weighted by atomic mass is 10.2. The first kappa shape index (κ1) is 26.6. The molecule has 2 saturated heterocycles. The second-order valence-electron chi connectivity index (χ2n) is 9.56. The summed E-state index contributed by atoms with van der Waals surface area (Å²) in [7, 11) is 0.